The average Bonchev–Trinajstić information content (AvgIpc) is 3.09. The van der Waals surface area contributed by atoms with E-state index in [9.17, 15) is 9.59 Å². The number of nitrogens with zero attached hydrogens (tertiary/aromatic N) is 2. The molecule has 0 saturated heterocycles. The Hall–Kier alpha value is -1.96. The highest BCUT2D eigenvalue weighted by Crippen LogP contribution is 2.31. The van der Waals surface area contributed by atoms with Crippen LogP contribution in [-0.4, -0.2) is 27.6 Å². The van der Waals surface area contributed by atoms with Gasteiger partial charge in [-0.3, -0.25) is 15.0 Å². The van der Waals surface area contributed by atoms with Gasteiger partial charge in [0.05, 0.1) is 6.42 Å². The molecule has 2 rings (SSSR count). The van der Waals surface area contributed by atoms with E-state index in [2.05, 4.69) is 10.1 Å². The third kappa shape index (κ3) is 7.28. The van der Waals surface area contributed by atoms with Crippen molar-refractivity contribution in [2.24, 2.45) is 11.8 Å². The van der Waals surface area contributed by atoms with E-state index in [0.29, 0.717) is 0 Å². The van der Waals surface area contributed by atoms with Crippen LogP contribution < -0.4 is 11.3 Å². The Morgan fingerprint density at radius 1 is 1.30 bits per heavy atom. The zero-order valence-electron chi connectivity index (χ0n) is 16.6. The van der Waals surface area contributed by atoms with Crippen molar-refractivity contribution in [3.05, 3.63) is 11.7 Å². The number of nitrogens with one attached hydrogen (secondary N) is 1. The molecule has 1 fully saturated rings. The molecular formula is C19H32N4O4. The molecule has 27 heavy (non-hydrogen) atoms. The third-order valence-electron chi connectivity index (χ3n) is 4.85. The SMILES string of the molecule is CC(C)(C)OC(=O)CC(CCCC1CCCCC1)c1nc(C(=O)NN)no1. The maximum Gasteiger partial charge on any atom is 0.307 e. The van der Waals surface area contributed by atoms with E-state index < -0.39 is 11.5 Å². The van der Waals surface area contributed by atoms with Crippen LogP contribution in [0.3, 0.4) is 0 Å². The van der Waals surface area contributed by atoms with Gasteiger partial charge in [-0.2, -0.15) is 4.98 Å². The van der Waals surface area contributed by atoms with E-state index in [1.54, 1.807) is 0 Å². The third-order valence-corrected chi connectivity index (χ3v) is 4.85. The number of esters is 1. The standard InChI is InChI=1S/C19H32N4O4/c1-19(2,3)26-15(24)12-14(11-7-10-13-8-5-4-6-9-13)18-21-16(23-27-18)17(25)22-20/h13-14H,4-12,20H2,1-3H3,(H,22,25). The fraction of sp³-hybridized carbons (Fsp3) is 0.789. The molecule has 1 atom stereocenters. The van der Waals surface area contributed by atoms with Crippen molar-refractivity contribution in [1.29, 1.82) is 0 Å². The first-order valence-corrected chi connectivity index (χ1v) is 9.85. The summed E-state index contributed by atoms with van der Waals surface area (Å²) in [7, 11) is 0. The molecule has 1 amide bonds. The minimum Gasteiger partial charge on any atom is -0.460 e. The number of nitrogen functional groups attached to an aromatic ring is 1. The van der Waals surface area contributed by atoms with Crippen molar-refractivity contribution >= 4 is 11.9 Å². The van der Waals surface area contributed by atoms with E-state index in [4.69, 9.17) is 15.1 Å². The number of nitrogens with two attached hydrogens (primary N) is 1. The first-order valence-electron chi connectivity index (χ1n) is 9.85. The van der Waals surface area contributed by atoms with Crippen LogP contribution in [0.4, 0.5) is 0 Å². The molecule has 0 radical (unpaired) electrons. The second-order valence-electron chi connectivity index (χ2n) is 8.35. The average molecular weight is 380 g/mol. The number of carbonyl (C=O) groups is 2. The molecular weight excluding hydrogens is 348 g/mol. The van der Waals surface area contributed by atoms with Crippen molar-refractivity contribution in [3.63, 3.8) is 0 Å². The molecule has 0 aliphatic heterocycles. The molecule has 1 unspecified atom stereocenters. The Morgan fingerprint density at radius 3 is 2.63 bits per heavy atom. The van der Waals surface area contributed by atoms with Crippen LogP contribution in [0.1, 0.15) is 101 Å². The van der Waals surface area contributed by atoms with E-state index in [1.807, 2.05) is 26.2 Å². The Balaban J connectivity index is 1.99. The Kier molecular flexibility index (Phi) is 7.77. The molecule has 1 heterocycles. The van der Waals surface area contributed by atoms with Crippen LogP contribution in [0.2, 0.25) is 0 Å². The molecule has 1 aliphatic rings. The number of rotatable bonds is 8. The summed E-state index contributed by atoms with van der Waals surface area (Å²) in [6, 6.07) is 0. The minimum atomic E-state index is -0.622. The highest BCUT2D eigenvalue weighted by molar-refractivity contribution is 5.89. The molecule has 1 aromatic rings. The van der Waals surface area contributed by atoms with Gasteiger partial charge in [0.25, 0.3) is 5.82 Å². The molecule has 0 spiro atoms. The number of aromatic nitrogens is 2. The minimum absolute atomic E-state index is 0.131. The lowest BCUT2D eigenvalue weighted by atomic mass is 9.84. The highest BCUT2D eigenvalue weighted by Gasteiger charge is 2.27. The number of carbonyl (C=O) groups excluding carboxylic acids is 2. The molecule has 0 bridgehead atoms. The largest absolute Gasteiger partial charge is 0.460 e. The Morgan fingerprint density at radius 2 is 2.00 bits per heavy atom. The smallest absolute Gasteiger partial charge is 0.307 e. The summed E-state index contributed by atoms with van der Waals surface area (Å²) in [5.41, 5.74) is 1.42. The van der Waals surface area contributed by atoms with Gasteiger partial charge in [-0.25, -0.2) is 5.84 Å². The van der Waals surface area contributed by atoms with Crippen molar-refractivity contribution < 1.29 is 18.8 Å². The maximum atomic E-state index is 12.3. The van der Waals surface area contributed by atoms with Gasteiger partial charge in [0.2, 0.25) is 5.89 Å². The zero-order chi connectivity index (χ0) is 19.9. The van der Waals surface area contributed by atoms with E-state index in [-0.39, 0.29) is 30.0 Å². The van der Waals surface area contributed by atoms with Gasteiger partial charge in [-0.05, 0) is 33.1 Å². The second-order valence-corrected chi connectivity index (χ2v) is 8.35. The van der Waals surface area contributed by atoms with Crippen LogP contribution in [0.5, 0.6) is 0 Å². The van der Waals surface area contributed by atoms with Crippen LogP contribution in [0.15, 0.2) is 4.52 Å². The highest BCUT2D eigenvalue weighted by atomic mass is 16.6. The molecule has 1 aromatic heterocycles. The first-order chi connectivity index (χ1) is 12.8. The topological polar surface area (TPSA) is 120 Å². The summed E-state index contributed by atoms with van der Waals surface area (Å²) >= 11 is 0. The summed E-state index contributed by atoms with van der Waals surface area (Å²) < 4.78 is 10.7. The van der Waals surface area contributed by atoms with Crippen molar-refractivity contribution in [2.75, 3.05) is 0 Å². The molecule has 3 N–H and O–H groups in total. The molecule has 8 heteroatoms. The fourth-order valence-corrected chi connectivity index (χ4v) is 3.58. The van der Waals surface area contributed by atoms with Crippen LogP contribution >= 0.6 is 0 Å². The molecule has 0 aromatic carbocycles. The number of ether oxygens (including phenoxy) is 1. The molecule has 1 aliphatic carbocycles. The lowest BCUT2D eigenvalue weighted by molar-refractivity contribution is -0.155. The van der Waals surface area contributed by atoms with E-state index in [1.165, 1.54) is 32.1 Å². The normalized spacial score (nSPS) is 16.7. The van der Waals surface area contributed by atoms with Gasteiger partial charge >= 0.3 is 11.9 Å². The first kappa shape index (κ1) is 21.3. The van der Waals surface area contributed by atoms with Gasteiger partial charge in [0.15, 0.2) is 0 Å². The second kappa shape index (κ2) is 9.82. The molecule has 1 saturated carbocycles. The Bertz CT molecular complexity index is 617. The lowest BCUT2D eigenvalue weighted by Crippen LogP contribution is -2.30. The number of hydrogen-bond donors (Lipinski definition) is 2. The van der Waals surface area contributed by atoms with Gasteiger partial charge in [0.1, 0.15) is 5.60 Å². The number of hydrazine groups is 1. The monoisotopic (exact) mass is 380 g/mol. The van der Waals surface area contributed by atoms with E-state index in [0.717, 1.165) is 25.2 Å². The predicted molar refractivity (Wildman–Crippen MR) is 99.6 cm³/mol. The summed E-state index contributed by atoms with van der Waals surface area (Å²) in [5, 5.41) is 3.66. The molecule has 152 valence electrons. The van der Waals surface area contributed by atoms with Gasteiger partial charge in [0, 0.05) is 5.92 Å². The maximum absolute atomic E-state index is 12.3. The zero-order valence-corrected chi connectivity index (χ0v) is 16.6. The van der Waals surface area contributed by atoms with Crippen LogP contribution in [-0.2, 0) is 9.53 Å². The van der Waals surface area contributed by atoms with E-state index >= 15 is 0 Å². The number of amides is 1. The van der Waals surface area contributed by atoms with Crippen LogP contribution in [0, 0.1) is 5.92 Å². The summed E-state index contributed by atoms with van der Waals surface area (Å²) in [6.45, 7) is 5.50. The fourth-order valence-electron chi connectivity index (χ4n) is 3.58. The summed E-state index contributed by atoms with van der Waals surface area (Å²) in [5.74, 6) is 4.82. The summed E-state index contributed by atoms with van der Waals surface area (Å²) in [6.07, 6.45) is 9.53. The lowest BCUT2D eigenvalue weighted by Gasteiger charge is -2.23. The van der Waals surface area contributed by atoms with Gasteiger partial charge < -0.3 is 9.26 Å². The Labute approximate surface area is 160 Å². The summed E-state index contributed by atoms with van der Waals surface area (Å²) in [4.78, 5) is 28.0. The van der Waals surface area contributed by atoms with Crippen molar-refractivity contribution in [2.45, 2.75) is 90.1 Å². The molecule has 8 nitrogen and oxygen atoms in total. The quantitative estimate of drug-likeness (QED) is 0.307. The predicted octanol–water partition coefficient (Wildman–Crippen LogP) is 3.24. The van der Waals surface area contributed by atoms with Gasteiger partial charge in [-0.15, -0.1) is 0 Å². The van der Waals surface area contributed by atoms with Crippen molar-refractivity contribution in [1.82, 2.24) is 15.6 Å². The van der Waals surface area contributed by atoms with Crippen molar-refractivity contribution in [3.8, 4) is 0 Å². The van der Waals surface area contributed by atoms with Crippen LogP contribution in [0.25, 0.3) is 0 Å². The van der Waals surface area contributed by atoms with Gasteiger partial charge in [-0.1, -0.05) is 50.1 Å². The number of hydrogen-bond acceptors (Lipinski definition) is 7.